The lowest BCUT2D eigenvalue weighted by atomic mass is 10.2. The second-order valence-electron chi connectivity index (χ2n) is 3.10. The maximum atomic E-state index is 12.0. The van der Waals surface area contributed by atoms with Gasteiger partial charge in [-0.15, -0.1) is 0 Å². The predicted octanol–water partition coefficient (Wildman–Crippen LogP) is 2.15. The number of rotatable bonds is 3. The predicted molar refractivity (Wildman–Crippen MR) is 59.2 cm³/mol. The van der Waals surface area contributed by atoms with Crippen LogP contribution >= 0.6 is 15.9 Å². The van der Waals surface area contributed by atoms with Crippen LogP contribution in [0.3, 0.4) is 0 Å². The van der Waals surface area contributed by atoms with Gasteiger partial charge in [-0.3, -0.25) is 0 Å². The summed E-state index contributed by atoms with van der Waals surface area (Å²) in [5.41, 5.74) is 5.35. The normalized spacial score (nSPS) is 11.2. The number of carbonyl (C=O) groups is 1. The zero-order valence-corrected chi connectivity index (χ0v) is 10.6. The fraction of sp³-hybridized carbons (Fsp3) is 0.333. The van der Waals surface area contributed by atoms with Gasteiger partial charge in [-0.1, -0.05) is 0 Å². The van der Waals surface area contributed by atoms with Crippen molar-refractivity contribution in [3.8, 4) is 5.88 Å². The first-order chi connectivity index (χ1) is 8.24. The summed E-state index contributed by atoms with van der Waals surface area (Å²) < 4.78 is 44.8. The number of alkyl halides is 3. The Morgan fingerprint density at radius 3 is 2.67 bits per heavy atom. The number of carbonyl (C=O) groups excluding carboxylic acids is 1. The van der Waals surface area contributed by atoms with Crippen molar-refractivity contribution in [2.75, 3.05) is 19.5 Å². The smallest absolute Gasteiger partial charge is 0.422 e. The molecule has 2 N–H and O–H groups in total. The highest BCUT2D eigenvalue weighted by atomic mass is 79.9. The molecule has 0 fully saturated rings. The van der Waals surface area contributed by atoms with Crippen LogP contribution in [-0.4, -0.2) is 30.8 Å². The van der Waals surface area contributed by atoms with Crippen LogP contribution in [0.1, 0.15) is 10.4 Å². The van der Waals surface area contributed by atoms with E-state index in [2.05, 4.69) is 30.4 Å². The van der Waals surface area contributed by atoms with E-state index in [-0.39, 0.29) is 21.7 Å². The summed E-state index contributed by atoms with van der Waals surface area (Å²) in [6.45, 7) is -1.50. The average molecular weight is 329 g/mol. The van der Waals surface area contributed by atoms with E-state index in [1.54, 1.807) is 0 Å². The van der Waals surface area contributed by atoms with E-state index in [9.17, 15) is 18.0 Å². The molecule has 0 aliphatic heterocycles. The number of ether oxygens (including phenoxy) is 2. The van der Waals surface area contributed by atoms with Crippen molar-refractivity contribution in [1.29, 1.82) is 0 Å². The molecule has 0 atom stereocenters. The molecule has 0 unspecified atom stereocenters. The van der Waals surface area contributed by atoms with E-state index in [0.717, 1.165) is 7.11 Å². The van der Waals surface area contributed by atoms with E-state index < -0.39 is 18.8 Å². The Bertz CT molecular complexity index is 465. The number of halogens is 4. The molecule has 0 saturated carbocycles. The number of hydrogen-bond acceptors (Lipinski definition) is 5. The molecule has 0 bridgehead atoms. The van der Waals surface area contributed by atoms with E-state index in [4.69, 9.17) is 5.73 Å². The summed E-state index contributed by atoms with van der Waals surface area (Å²) in [7, 11) is 1.14. The Hall–Kier alpha value is -1.51. The van der Waals surface area contributed by atoms with Gasteiger partial charge in [-0.25, -0.2) is 4.79 Å². The van der Waals surface area contributed by atoms with Crippen molar-refractivity contribution in [2.24, 2.45) is 0 Å². The zero-order chi connectivity index (χ0) is 13.9. The first kappa shape index (κ1) is 14.6. The molecule has 0 aliphatic carbocycles. The third-order valence-corrected chi connectivity index (χ3v) is 2.32. The Morgan fingerprint density at radius 1 is 1.56 bits per heavy atom. The van der Waals surface area contributed by atoms with Crippen LogP contribution in [-0.2, 0) is 4.74 Å². The molecule has 1 rings (SSSR count). The van der Waals surface area contributed by atoms with Crippen molar-refractivity contribution in [3.63, 3.8) is 0 Å². The Labute approximate surface area is 108 Å². The minimum absolute atomic E-state index is 0.0660. The molecule has 1 aromatic rings. The SMILES string of the molecule is COC(=O)c1cc(Br)c(OCC(F)(F)F)nc1N. The summed E-state index contributed by atoms with van der Waals surface area (Å²) in [4.78, 5) is 14.8. The van der Waals surface area contributed by atoms with Gasteiger partial charge in [0.25, 0.3) is 0 Å². The number of pyridine rings is 1. The molecule has 18 heavy (non-hydrogen) atoms. The molecule has 0 saturated heterocycles. The second-order valence-corrected chi connectivity index (χ2v) is 3.96. The molecule has 0 aromatic carbocycles. The number of methoxy groups -OCH3 is 1. The average Bonchev–Trinajstić information content (AvgIpc) is 2.27. The standard InChI is InChI=1S/C9H8BrF3N2O3/c1-17-8(16)4-2-5(10)7(15-6(4)14)18-3-9(11,12)13/h2H,3H2,1H3,(H2,14,15). The van der Waals surface area contributed by atoms with Crippen LogP contribution in [0.2, 0.25) is 0 Å². The molecule has 0 radical (unpaired) electrons. The summed E-state index contributed by atoms with van der Waals surface area (Å²) in [6, 6.07) is 1.18. The van der Waals surface area contributed by atoms with Crippen molar-refractivity contribution < 1.29 is 27.4 Å². The van der Waals surface area contributed by atoms with Crippen LogP contribution in [0, 0.1) is 0 Å². The molecule has 100 valence electrons. The molecule has 9 heteroatoms. The van der Waals surface area contributed by atoms with E-state index in [0.29, 0.717) is 0 Å². The Morgan fingerprint density at radius 2 is 2.17 bits per heavy atom. The zero-order valence-electron chi connectivity index (χ0n) is 9.05. The Kier molecular flexibility index (Phi) is 4.38. The third kappa shape index (κ3) is 3.76. The lowest BCUT2D eigenvalue weighted by molar-refractivity contribution is -0.154. The number of hydrogen-bond donors (Lipinski definition) is 1. The lowest BCUT2D eigenvalue weighted by Crippen LogP contribution is -2.20. The number of aromatic nitrogens is 1. The van der Waals surface area contributed by atoms with Crippen LogP contribution in [0.15, 0.2) is 10.5 Å². The minimum atomic E-state index is -4.49. The highest BCUT2D eigenvalue weighted by molar-refractivity contribution is 9.10. The first-order valence-corrected chi connectivity index (χ1v) is 5.28. The molecular formula is C9H8BrF3N2O3. The van der Waals surface area contributed by atoms with E-state index in [1.807, 2.05) is 0 Å². The van der Waals surface area contributed by atoms with Crippen LogP contribution in [0.5, 0.6) is 5.88 Å². The summed E-state index contributed by atoms with van der Waals surface area (Å²) >= 11 is 2.93. The molecular weight excluding hydrogens is 321 g/mol. The van der Waals surface area contributed by atoms with Gasteiger partial charge >= 0.3 is 12.1 Å². The van der Waals surface area contributed by atoms with Gasteiger partial charge < -0.3 is 15.2 Å². The monoisotopic (exact) mass is 328 g/mol. The number of anilines is 1. The van der Waals surface area contributed by atoms with Gasteiger partial charge in [0.15, 0.2) is 6.61 Å². The molecule has 1 heterocycles. The summed E-state index contributed by atoms with van der Waals surface area (Å²) in [6.07, 6.45) is -4.49. The van der Waals surface area contributed by atoms with Gasteiger partial charge in [-0.2, -0.15) is 18.2 Å². The summed E-state index contributed by atoms with van der Waals surface area (Å²) in [5, 5.41) is 0. The van der Waals surface area contributed by atoms with Crippen molar-refractivity contribution >= 4 is 27.7 Å². The number of esters is 1. The number of nitrogens with two attached hydrogens (primary N) is 1. The van der Waals surface area contributed by atoms with Crippen molar-refractivity contribution in [1.82, 2.24) is 4.98 Å². The van der Waals surface area contributed by atoms with Crippen molar-refractivity contribution in [3.05, 3.63) is 16.1 Å². The molecule has 0 spiro atoms. The van der Waals surface area contributed by atoms with Gasteiger partial charge in [0, 0.05) is 0 Å². The largest absolute Gasteiger partial charge is 0.467 e. The highest BCUT2D eigenvalue weighted by Crippen LogP contribution is 2.28. The second kappa shape index (κ2) is 5.42. The highest BCUT2D eigenvalue weighted by Gasteiger charge is 2.29. The van der Waals surface area contributed by atoms with Crippen LogP contribution in [0.4, 0.5) is 19.0 Å². The maximum absolute atomic E-state index is 12.0. The summed E-state index contributed by atoms with van der Waals surface area (Å²) in [5.74, 6) is -1.37. The number of nitrogen functional groups attached to an aromatic ring is 1. The van der Waals surface area contributed by atoms with Gasteiger partial charge in [0.2, 0.25) is 5.88 Å². The Balaban J connectivity index is 2.97. The fourth-order valence-corrected chi connectivity index (χ4v) is 1.44. The van der Waals surface area contributed by atoms with Crippen molar-refractivity contribution in [2.45, 2.75) is 6.18 Å². The van der Waals surface area contributed by atoms with Crippen LogP contribution < -0.4 is 10.5 Å². The van der Waals surface area contributed by atoms with Gasteiger partial charge in [-0.05, 0) is 22.0 Å². The topological polar surface area (TPSA) is 74.4 Å². The van der Waals surface area contributed by atoms with Gasteiger partial charge in [0.05, 0.1) is 11.6 Å². The van der Waals surface area contributed by atoms with Gasteiger partial charge in [0.1, 0.15) is 11.4 Å². The molecule has 0 aliphatic rings. The molecule has 5 nitrogen and oxygen atoms in total. The van der Waals surface area contributed by atoms with E-state index in [1.165, 1.54) is 6.07 Å². The lowest BCUT2D eigenvalue weighted by Gasteiger charge is -2.11. The third-order valence-electron chi connectivity index (χ3n) is 1.75. The van der Waals surface area contributed by atoms with Crippen LogP contribution in [0.25, 0.3) is 0 Å². The molecule has 1 aromatic heterocycles. The van der Waals surface area contributed by atoms with E-state index >= 15 is 0 Å². The minimum Gasteiger partial charge on any atom is -0.467 e. The fourth-order valence-electron chi connectivity index (χ4n) is 1.01. The number of nitrogens with zero attached hydrogens (tertiary/aromatic N) is 1. The molecule has 0 amide bonds. The quantitative estimate of drug-likeness (QED) is 0.860. The first-order valence-electron chi connectivity index (χ1n) is 4.48. The maximum Gasteiger partial charge on any atom is 0.422 e.